The van der Waals surface area contributed by atoms with E-state index in [4.69, 9.17) is 0 Å². The molecule has 3 aliphatic heterocycles. The van der Waals surface area contributed by atoms with Gasteiger partial charge in [-0.2, -0.15) is 4.99 Å². The van der Waals surface area contributed by atoms with E-state index in [1.54, 1.807) is 36.7 Å². The van der Waals surface area contributed by atoms with Crippen molar-refractivity contribution in [2.75, 3.05) is 49.5 Å². The van der Waals surface area contributed by atoms with E-state index in [2.05, 4.69) is 25.1 Å². The molecule has 1 unspecified atom stereocenters. The molecule has 182 valence electrons. The lowest BCUT2D eigenvalue weighted by Crippen LogP contribution is -2.48. The molecule has 1 N–H and O–H groups in total. The fourth-order valence-electron chi connectivity index (χ4n) is 4.53. The van der Waals surface area contributed by atoms with Crippen LogP contribution in [-0.2, 0) is 9.59 Å². The van der Waals surface area contributed by atoms with Crippen LogP contribution >= 0.6 is 11.8 Å². The average Bonchev–Trinajstić information content (AvgIpc) is 3.55. The van der Waals surface area contributed by atoms with Crippen LogP contribution in [0.25, 0.3) is 0 Å². The summed E-state index contributed by atoms with van der Waals surface area (Å²) in [6.07, 6.45) is 5.85. The number of benzene rings is 1. The van der Waals surface area contributed by atoms with E-state index >= 15 is 0 Å². The van der Waals surface area contributed by atoms with Crippen LogP contribution in [0.3, 0.4) is 0 Å². The van der Waals surface area contributed by atoms with Crippen molar-refractivity contribution < 1.29 is 14.4 Å². The molecule has 0 radical (unpaired) electrons. The third kappa shape index (κ3) is 5.48. The minimum Gasteiger partial charge on any atom is -0.368 e. The monoisotopic (exact) mass is 492 g/mol. The molecule has 1 aromatic carbocycles. The number of amidine groups is 1. The molecule has 4 heterocycles. The summed E-state index contributed by atoms with van der Waals surface area (Å²) >= 11 is 1.38. The largest absolute Gasteiger partial charge is 0.368 e. The maximum Gasteiger partial charge on any atom is 0.262 e. The van der Waals surface area contributed by atoms with Gasteiger partial charge in [-0.25, -0.2) is 0 Å². The van der Waals surface area contributed by atoms with Gasteiger partial charge in [-0.15, -0.1) is 0 Å². The number of anilines is 2. The molecular formula is C25H28N6O3S. The Kier molecular flexibility index (Phi) is 6.98. The second-order valence-electron chi connectivity index (χ2n) is 8.85. The molecule has 35 heavy (non-hydrogen) atoms. The van der Waals surface area contributed by atoms with Gasteiger partial charge in [0.05, 0.1) is 0 Å². The van der Waals surface area contributed by atoms with Crippen molar-refractivity contribution in [3.05, 3.63) is 54.4 Å². The molecule has 5 rings (SSSR count). The van der Waals surface area contributed by atoms with Crippen LogP contribution in [0.4, 0.5) is 11.4 Å². The third-order valence-electron chi connectivity index (χ3n) is 6.49. The third-order valence-corrected chi connectivity index (χ3v) is 7.70. The highest BCUT2D eigenvalue weighted by Crippen LogP contribution is 2.29. The van der Waals surface area contributed by atoms with Crippen molar-refractivity contribution in [2.24, 2.45) is 4.99 Å². The van der Waals surface area contributed by atoms with Gasteiger partial charge in [0.2, 0.25) is 5.91 Å². The normalized spacial score (nSPS) is 20.2. The second kappa shape index (κ2) is 10.5. The number of amides is 3. The number of rotatable bonds is 5. The van der Waals surface area contributed by atoms with Gasteiger partial charge in [-0.1, -0.05) is 11.8 Å². The highest BCUT2D eigenvalue weighted by molar-refractivity contribution is 8.15. The minimum absolute atomic E-state index is 0.0169. The Bertz CT molecular complexity index is 1110. The molecule has 0 saturated carbocycles. The van der Waals surface area contributed by atoms with Crippen LogP contribution in [0.1, 0.15) is 29.6 Å². The van der Waals surface area contributed by atoms with Crippen molar-refractivity contribution in [1.82, 2.24) is 14.8 Å². The van der Waals surface area contributed by atoms with E-state index in [0.717, 1.165) is 49.9 Å². The van der Waals surface area contributed by atoms with Gasteiger partial charge in [-0.3, -0.25) is 19.4 Å². The van der Waals surface area contributed by atoms with Crippen molar-refractivity contribution in [2.45, 2.75) is 24.5 Å². The van der Waals surface area contributed by atoms with Gasteiger partial charge in [0, 0.05) is 75.0 Å². The number of carbonyl (C=O) groups is 3. The van der Waals surface area contributed by atoms with Crippen molar-refractivity contribution >= 4 is 46.0 Å². The van der Waals surface area contributed by atoms with Gasteiger partial charge < -0.3 is 20.0 Å². The summed E-state index contributed by atoms with van der Waals surface area (Å²) in [6.45, 7) is 4.67. The highest BCUT2D eigenvalue weighted by Gasteiger charge is 2.33. The summed E-state index contributed by atoms with van der Waals surface area (Å²) in [4.78, 5) is 52.1. The second-order valence-corrected chi connectivity index (χ2v) is 10.0. The quantitative estimate of drug-likeness (QED) is 0.685. The maximum atomic E-state index is 12.9. The number of aliphatic imine (C=N–C) groups is 1. The smallest absolute Gasteiger partial charge is 0.262 e. The van der Waals surface area contributed by atoms with Gasteiger partial charge in [0.1, 0.15) is 5.25 Å². The summed E-state index contributed by atoms with van der Waals surface area (Å²) in [5.41, 5.74) is 2.31. The lowest BCUT2D eigenvalue weighted by Gasteiger charge is -2.36. The summed E-state index contributed by atoms with van der Waals surface area (Å²) in [5.74, 6) is -0.492. The molecule has 0 spiro atoms. The van der Waals surface area contributed by atoms with E-state index in [1.807, 2.05) is 17.0 Å². The zero-order chi connectivity index (χ0) is 24.2. The molecule has 2 fully saturated rings. The van der Waals surface area contributed by atoms with Crippen LogP contribution in [0, 0.1) is 0 Å². The molecule has 3 aliphatic rings. The first kappa shape index (κ1) is 23.3. The van der Waals surface area contributed by atoms with E-state index in [-0.39, 0.29) is 24.1 Å². The number of likely N-dealkylation sites (tertiary alicyclic amines) is 1. The van der Waals surface area contributed by atoms with Crippen LogP contribution in [0.15, 0.2) is 53.8 Å². The topological polar surface area (TPSA) is 98.2 Å². The zero-order valence-electron chi connectivity index (χ0n) is 19.4. The number of nitrogens with zero attached hydrogens (tertiary/aromatic N) is 5. The average molecular weight is 493 g/mol. The number of piperazine rings is 1. The zero-order valence-corrected chi connectivity index (χ0v) is 20.2. The van der Waals surface area contributed by atoms with E-state index in [0.29, 0.717) is 24.3 Å². The van der Waals surface area contributed by atoms with Crippen molar-refractivity contribution in [3.8, 4) is 0 Å². The number of pyridine rings is 1. The Morgan fingerprint density at radius 2 is 1.60 bits per heavy atom. The first-order valence-corrected chi connectivity index (χ1v) is 12.8. The van der Waals surface area contributed by atoms with Gasteiger partial charge >= 0.3 is 0 Å². The lowest BCUT2D eigenvalue weighted by molar-refractivity contribution is -0.121. The predicted octanol–water partition coefficient (Wildman–Crippen LogP) is 2.47. The summed E-state index contributed by atoms with van der Waals surface area (Å²) in [7, 11) is 0. The predicted molar refractivity (Wildman–Crippen MR) is 137 cm³/mol. The Hall–Kier alpha value is -3.40. The molecule has 9 nitrogen and oxygen atoms in total. The van der Waals surface area contributed by atoms with Gasteiger partial charge in [0.25, 0.3) is 11.8 Å². The first-order chi connectivity index (χ1) is 17.1. The summed E-state index contributed by atoms with van der Waals surface area (Å²) < 4.78 is 0. The minimum atomic E-state index is -0.475. The summed E-state index contributed by atoms with van der Waals surface area (Å²) in [5, 5.41) is 3.11. The number of hydrogen-bond donors (Lipinski definition) is 1. The van der Waals surface area contributed by atoms with Crippen LogP contribution < -0.4 is 10.2 Å². The lowest BCUT2D eigenvalue weighted by atomic mass is 10.1. The molecule has 1 aromatic heterocycles. The Labute approximate surface area is 208 Å². The van der Waals surface area contributed by atoms with Crippen molar-refractivity contribution in [3.63, 3.8) is 0 Å². The molecule has 2 aromatic rings. The SMILES string of the molecule is O=C(CC1SC(N2CCCC2)=NC1=O)Nc1ccc(C(=O)N2CCN(c3ccncc3)CC2)cc1. The van der Waals surface area contributed by atoms with Gasteiger partial charge in [0.15, 0.2) is 5.17 Å². The molecule has 2 saturated heterocycles. The van der Waals surface area contributed by atoms with E-state index < -0.39 is 5.25 Å². The number of carbonyl (C=O) groups excluding carboxylic acids is 3. The summed E-state index contributed by atoms with van der Waals surface area (Å²) in [6, 6.07) is 10.9. The Morgan fingerprint density at radius 3 is 2.29 bits per heavy atom. The van der Waals surface area contributed by atoms with Crippen LogP contribution in [0.5, 0.6) is 0 Å². The number of thioether (sulfide) groups is 1. The number of nitrogens with one attached hydrogen (secondary N) is 1. The van der Waals surface area contributed by atoms with Crippen molar-refractivity contribution in [1.29, 1.82) is 0 Å². The van der Waals surface area contributed by atoms with E-state index in [9.17, 15) is 14.4 Å². The fraction of sp³-hybridized carbons (Fsp3) is 0.400. The molecule has 10 heteroatoms. The van der Waals surface area contributed by atoms with Gasteiger partial charge in [-0.05, 0) is 49.2 Å². The molecular weight excluding hydrogens is 464 g/mol. The Morgan fingerprint density at radius 1 is 0.914 bits per heavy atom. The van der Waals surface area contributed by atoms with Crippen LogP contribution in [0.2, 0.25) is 0 Å². The Balaban J connectivity index is 1.10. The van der Waals surface area contributed by atoms with Crippen LogP contribution in [-0.4, -0.2) is 82.2 Å². The molecule has 1 atom stereocenters. The standard InChI is InChI=1S/C25H28N6O3S/c32-22(17-21-23(33)28-25(35-21)31-11-1-2-12-31)27-19-5-3-18(4-6-19)24(34)30-15-13-29(14-16-30)20-7-9-26-10-8-20/h3-10,21H,1-2,11-17H2,(H,27,32). The fourth-order valence-corrected chi connectivity index (χ4v) is 5.65. The molecule has 0 aliphatic carbocycles. The molecule has 3 amide bonds. The first-order valence-electron chi connectivity index (χ1n) is 11.9. The highest BCUT2D eigenvalue weighted by atomic mass is 32.2. The van der Waals surface area contributed by atoms with E-state index in [1.165, 1.54) is 11.8 Å². The number of aromatic nitrogens is 1. The number of hydrogen-bond acceptors (Lipinski definition) is 7. The maximum absolute atomic E-state index is 12.9. The molecule has 0 bridgehead atoms.